The lowest BCUT2D eigenvalue weighted by molar-refractivity contribution is -0.154. The molecule has 21 heavy (non-hydrogen) atoms. The van der Waals surface area contributed by atoms with Gasteiger partial charge in [0.1, 0.15) is 11.9 Å². The molecule has 0 aromatic heterocycles. The molecule has 0 aliphatic rings. The lowest BCUT2D eigenvalue weighted by Crippen LogP contribution is -2.19. The van der Waals surface area contributed by atoms with E-state index < -0.39 is 11.9 Å². The Hall–Kier alpha value is -2.56. The topological polar surface area (TPSA) is 96.0 Å². The van der Waals surface area contributed by atoms with Crippen LogP contribution < -0.4 is 0 Å². The van der Waals surface area contributed by atoms with Crippen LogP contribution in [0.15, 0.2) is 36.5 Å². The predicted octanol–water partition coefficient (Wildman–Crippen LogP) is -0.0226. The Kier molecular flexibility index (Phi) is 9.91. The van der Waals surface area contributed by atoms with Crippen LogP contribution in [0.3, 0.4) is 0 Å². The Balaban J connectivity index is 4.09. The highest BCUT2D eigenvalue weighted by molar-refractivity contribution is 6.01. The predicted molar refractivity (Wildman–Crippen MR) is 71.5 cm³/mol. The quantitative estimate of drug-likeness (QED) is 0.184. The van der Waals surface area contributed by atoms with Gasteiger partial charge < -0.3 is 14.2 Å². The van der Waals surface area contributed by atoms with Gasteiger partial charge in [-0.25, -0.2) is 19.2 Å². The summed E-state index contributed by atoms with van der Waals surface area (Å²) in [5.41, 5.74) is -0.194. The third-order valence-corrected chi connectivity index (χ3v) is 1.88. The lowest BCUT2D eigenvalue weighted by atomic mass is 10.3. The van der Waals surface area contributed by atoms with Crippen molar-refractivity contribution in [1.29, 1.82) is 0 Å². The van der Waals surface area contributed by atoms with Gasteiger partial charge in [0.2, 0.25) is 0 Å². The summed E-state index contributed by atoms with van der Waals surface area (Å²) in [6, 6.07) is 0. The van der Waals surface area contributed by atoms with Gasteiger partial charge in [-0.05, 0) is 0 Å². The number of carbonyl (C=O) groups excluding carboxylic acids is 4. The summed E-state index contributed by atoms with van der Waals surface area (Å²) in [6.45, 7) is 6.30. The average molecular weight is 294 g/mol. The second-order valence-electron chi connectivity index (χ2n) is 3.56. The van der Waals surface area contributed by atoms with E-state index in [9.17, 15) is 19.2 Å². The Morgan fingerprint density at radius 1 is 0.857 bits per heavy atom. The number of rotatable bonds is 10. The summed E-state index contributed by atoms with van der Waals surface area (Å²) < 4.78 is 14.2. The van der Waals surface area contributed by atoms with E-state index in [1.807, 2.05) is 0 Å². The SMILES string of the molecule is C=C(COCC=C=O)C(=O)OC(=O)C(=C)COCC=C=O. The molecular weight excluding hydrogens is 280 g/mol. The summed E-state index contributed by atoms with van der Waals surface area (Å²) in [5, 5.41) is 0. The second-order valence-corrected chi connectivity index (χ2v) is 3.56. The van der Waals surface area contributed by atoms with Crippen LogP contribution >= 0.6 is 0 Å². The van der Waals surface area contributed by atoms with Gasteiger partial charge in [-0.1, -0.05) is 13.2 Å². The van der Waals surface area contributed by atoms with Crippen LogP contribution in [0, 0.1) is 0 Å². The van der Waals surface area contributed by atoms with Gasteiger partial charge >= 0.3 is 11.9 Å². The summed E-state index contributed by atoms with van der Waals surface area (Å²) in [5.74, 6) is 1.05. The van der Waals surface area contributed by atoms with E-state index in [4.69, 9.17) is 9.47 Å². The standard InChI is InChI=1S/C14H14O7/c1-11(9-19-7-3-5-15)13(17)21-14(18)12(2)10-20-8-4-6-16/h3-4H,1-2,7-10H2. The van der Waals surface area contributed by atoms with Crippen molar-refractivity contribution in [1.82, 2.24) is 0 Å². The van der Waals surface area contributed by atoms with Crippen molar-refractivity contribution >= 4 is 23.8 Å². The van der Waals surface area contributed by atoms with Crippen LogP contribution in [0.5, 0.6) is 0 Å². The fraction of sp³-hybridized carbons (Fsp3) is 0.286. The molecule has 0 heterocycles. The summed E-state index contributed by atoms with van der Waals surface area (Å²) in [6.07, 6.45) is 2.16. The maximum atomic E-state index is 11.4. The van der Waals surface area contributed by atoms with Gasteiger partial charge in [0, 0.05) is 12.2 Å². The molecule has 0 fully saturated rings. The van der Waals surface area contributed by atoms with Gasteiger partial charge in [0.05, 0.1) is 37.6 Å². The van der Waals surface area contributed by atoms with Crippen LogP contribution in [-0.4, -0.2) is 50.2 Å². The van der Waals surface area contributed by atoms with Crippen LogP contribution in [0.25, 0.3) is 0 Å². The maximum absolute atomic E-state index is 11.4. The largest absolute Gasteiger partial charge is 0.386 e. The minimum absolute atomic E-state index is 0.0332. The first-order chi connectivity index (χ1) is 10.0. The van der Waals surface area contributed by atoms with Crippen molar-refractivity contribution in [3.8, 4) is 0 Å². The number of ether oxygens (including phenoxy) is 3. The number of carbonyl (C=O) groups is 2. The van der Waals surface area contributed by atoms with E-state index in [0.29, 0.717) is 0 Å². The molecule has 0 bridgehead atoms. The summed E-state index contributed by atoms with van der Waals surface area (Å²) in [4.78, 5) is 42.6. The summed E-state index contributed by atoms with van der Waals surface area (Å²) in [7, 11) is 0. The Labute approximate surface area is 121 Å². The zero-order valence-corrected chi connectivity index (χ0v) is 11.3. The van der Waals surface area contributed by atoms with E-state index in [-0.39, 0.29) is 37.6 Å². The minimum Gasteiger partial charge on any atom is -0.386 e. The van der Waals surface area contributed by atoms with Crippen molar-refractivity contribution in [2.24, 2.45) is 0 Å². The lowest BCUT2D eigenvalue weighted by Gasteiger charge is -2.07. The molecule has 0 aliphatic carbocycles. The molecular formula is C14H14O7. The van der Waals surface area contributed by atoms with Crippen molar-refractivity contribution in [2.75, 3.05) is 26.4 Å². The van der Waals surface area contributed by atoms with Crippen molar-refractivity contribution in [3.05, 3.63) is 36.5 Å². The molecule has 0 aromatic carbocycles. The van der Waals surface area contributed by atoms with Crippen LogP contribution in [-0.2, 0) is 33.4 Å². The second kappa shape index (κ2) is 11.3. The first-order valence-electron chi connectivity index (χ1n) is 5.69. The number of esters is 2. The molecule has 0 radical (unpaired) electrons. The molecule has 0 N–H and O–H groups in total. The van der Waals surface area contributed by atoms with E-state index in [1.54, 1.807) is 0 Å². The molecule has 0 saturated carbocycles. The van der Waals surface area contributed by atoms with E-state index in [1.165, 1.54) is 11.9 Å². The molecule has 0 aliphatic heterocycles. The van der Waals surface area contributed by atoms with Crippen molar-refractivity contribution < 1.29 is 33.4 Å². The molecule has 7 heteroatoms. The van der Waals surface area contributed by atoms with Gasteiger partial charge in [-0.15, -0.1) is 0 Å². The van der Waals surface area contributed by atoms with Gasteiger partial charge in [-0.3, -0.25) is 0 Å². The first-order valence-corrected chi connectivity index (χ1v) is 5.69. The molecule has 0 spiro atoms. The van der Waals surface area contributed by atoms with Crippen LogP contribution in [0.2, 0.25) is 0 Å². The molecule has 0 atom stereocenters. The molecule has 7 nitrogen and oxygen atoms in total. The highest BCUT2D eigenvalue weighted by atomic mass is 16.6. The molecule has 0 saturated heterocycles. The van der Waals surface area contributed by atoms with Gasteiger partial charge in [-0.2, -0.15) is 0 Å². The fourth-order valence-electron chi connectivity index (χ4n) is 0.897. The smallest absolute Gasteiger partial charge is 0.343 e. The van der Waals surface area contributed by atoms with E-state index >= 15 is 0 Å². The first kappa shape index (κ1) is 18.4. The Morgan fingerprint density at radius 2 is 1.24 bits per heavy atom. The van der Waals surface area contributed by atoms with Crippen molar-refractivity contribution in [3.63, 3.8) is 0 Å². The van der Waals surface area contributed by atoms with Crippen LogP contribution in [0.4, 0.5) is 0 Å². The van der Waals surface area contributed by atoms with E-state index in [2.05, 4.69) is 17.9 Å². The third kappa shape index (κ3) is 9.04. The molecule has 0 rings (SSSR count). The maximum Gasteiger partial charge on any atom is 0.343 e. The Bertz CT molecular complexity index is 459. The zero-order valence-electron chi connectivity index (χ0n) is 11.3. The highest BCUT2D eigenvalue weighted by Gasteiger charge is 2.16. The van der Waals surface area contributed by atoms with E-state index in [0.717, 1.165) is 12.2 Å². The highest BCUT2D eigenvalue weighted by Crippen LogP contribution is 2.02. The van der Waals surface area contributed by atoms with Crippen LogP contribution in [0.1, 0.15) is 0 Å². The van der Waals surface area contributed by atoms with Crippen molar-refractivity contribution in [2.45, 2.75) is 0 Å². The molecule has 0 amide bonds. The average Bonchev–Trinajstić information content (AvgIpc) is 2.47. The Morgan fingerprint density at radius 3 is 1.57 bits per heavy atom. The normalized spacial score (nSPS) is 8.95. The molecule has 0 aromatic rings. The number of hydrogen-bond donors (Lipinski definition) is 0. The molecule has 0 unspecified atom stereocenters. The minimum atomic E-state index is -0.968. The summed E-state index contributed by atoms with van der Waals surface area (Å²) >= 11 is 0. The molecule has 112 valence electrons. The third-order valence-electron chi connectivity index (χ3n) is 1.88. The van der Waals surface area contributed by atoms with Gasteiger partial charge in [0.15, 0.2) is 0 Å². The van der Waals surface area contributed by atoms with Gasteiger partial charge in [0.25, 0.3) is 0 Å². The monoisotopic (exact) mass is 294 g/mol. The zero-order chi connectivity index (χ0) is 16.1. The fourth-order valence-corrected chi connectivity index (χ4v) is 0.897. The number of hydrogen-bond acceptors (Lipinski definition) is 7.